The molecule has 5 heteroatoms. The number of thiazole rings is 1. The number of nitrogens with one attached hydrogen (secondary N) is 1. The van der Waals surface area contributed by atoms with Crippen LogP contribution in [-0.4, -0.2) is 4.98 Å². The third-order valence-corrected chi connectivity index (χ3v) is 3.66. The lowest BCUT2D eigenvalue weighted by Gasteiger charge is -2.15. The third-order valence-electron chi connectivity index (χ3n) is 2.79. The second-order valence-corrected chi connectivity index (χ2v) is 6.26. The summed E-state index contributed by atoms with van der Waals surface area (Å²) in [7, 11) is 0. The average molecular weight is 265 g/mol. The number of nitrogens with two attached hydrogens (primary N) is 1. The molecule has 2 heterocycles. The zero-order valence-electron chi connectivity index (χ0n) is 10.9. The van der Waals surface area contributed by atoms with Crippen molar-refractivity contribution in [1.82, 2.24) is 10.4 Å². The molecular weight excluding hydrogens is 246 g/mol. The summed E-state index contributed by atoms with van der Waals surface area (Å²) in [5.74, 6) is 6.41. The van der Waals surface area contributed by atoms with E-state index in [0.717, 1.165) is 22.9 Å². The predicted octanol–water partition coefficient (Wildman–Crippen LogP) is 2.78. The van der Waals surface area contributed by atoms with Crippen LogP contribution in [-0.2, 0) is 11.8 Å². The Kier molecular flexibility index (Phi) is 3.85. The van der Waals surface area contributed by atoms with E-state index in [-0.39, 0.29) is 11.5 Å². The number of aromatic nitrogens is 1. The van der Waals surface area contributed by atoms with E-state index in [2.05, 4.69) is 36.6 Å². The second-order valence-electron chi connectivity index (χ2n) is 5.32. The van der Waals surface area contributed by atoms with Gasteiger partial charge in [-0.3, -0.25) is 5.84 Å². The molecule has 0 spiro atoms. The van der Waals surface area contributed by atoms with Crippen LogP contribution in [0.1, 0.15) is 43.3 Å². The summed E-state index contributed by atoms with van der Waals surface area (Å²) in [6.07, 6.45) is 2.40. The van der Waals surface area contributed by atoms with Crippen LogP contribution in [0.15, 0.2) is 28.2 Å². The van der Waals surface area contributed by atoms with Gasteiger partial charge in [-0.15, -0.1) is 11.3 Å². The van der Waals surface area contributed by atoms with Gasteiger partial charge in [-0.1, -0.05) is 20.8 Å². The molecule has 0 saturated heterocycles. The molecule has 3 N–H and O–H groups in total. The van der Waals surface area contributed by atoms with Gasteiger partial charge < -0.3 is 4.42 Å². The first-order chi connectivity index (χ1) is 8.50. The van der Waals surface area contributed by atoms with Gasteiger partial charge in [0.2, 0.25) is 0 Å². The maximum Gasteiger partial charge on any atom is 0.122 e. The lowest BCUT2D eigenvalue weighted by atomic mass is 9.93. The molecule has 0 aromatic carbocycles. The van der Waals surface area contributed by atoms with E-state index in [0.29, 0.717) is 0 Å². The Morgan fingerprint density at radius 2 is 2.28 bits per heavy atom. The highest BCUT2D eigenvalue weighted by atomic mass is 32.1. The van der Waals surface area contributed by atoms with Crippen LogP contribution in [0.4, 0.5) is 0 Å². The summed E-state index contributed by atoms with van der Waals surface area (Å²) in [4.78, 5) is 4.66. The van der Waals surface area contributed by atoms with Crippen molar-refractivity contribution in [3.63, 3.8) is 0 Å². The molecule has 2 aromatic rings. The fraction of sp³-hybridized carbons (Fsp3) is 0.462. The highest BCUT2D eigenvalue weighted by Crippen LogP contribution is 2.26. The number of rotatable bonds is 4. The van der Waals surface area contributed by atoms with Crippen molar-refractivity contribution in [2.24, 2.45) is 5.84 Å². The van der Waals surface area contributed by atoms with Crippen LogP contribution in [0.25, 0.3) is 0 Å². The van der Waals surface area contributed by atoms with E-state index in [4.69, 9.17) is 10.3 Å². The minimum Gasteiger partial charge on any atom is -0.468 e. The molecule has 0 bridgehead atoms. The van der Waals surface area contributed by atoms with Gasteiger partial charge in [0.05, 0.1) is 23.0 Å². The van der Waals surface area contributed by atoms with Gasteiger partial charge >= 0.3 is 0 Å². The number of hydrogen-bond donors (Lipinski definition) is 2. The van der Waals surface area contributed by atoms with Gasteiger partial charge in [0.15, 0.2) is 0 Å². The van der Waals surface area contributed by atoms with Gasteiger partial charge in [0.25, 0.3) is 0 Å². The molecule has 0 amide bonds. The quantitative estimate of drug-likeness (QED) is 0.659. The Bertz CT molecular complexity index is 485. The molecule has 0 aliphatic heterocycles. The van der Waals surface area contributed by atoms with Gasteiger partial charge in [0, 0.05) is 17.2 Å². The smallest absolute Gasteiger partial charge is 0.122 e. The Morgan fingerprint density at radius 1 is 1.50 bits per heavy atom. The molecule has 0 fully saturated rings. The van der Waals surface area contributed by atoms with E-state index in [1.165, 1.54) is 0 Å². The van der Waals surface area contributed by atoms with E-state index in [1.807, 2.05) is 12.1 Å². The zero-order chi connectivity index (χ0) is 13.2. The molecule has 18 heavy (non-hydrogen) atoms. The molecule has 1 unspecified atom stereocenters. The maximum absolute atomic E-state index is 5.57. The fourth-order valence-corrected chi connectivity index (χ4v) is 2.72. The molecule has 0 radical (unpaired) electrons. The first-order valence-electron chi connectivity index (χ1n) is 5.95. The molecule has 0 saturated carbocycles. The van der Waals surface area contributed by atoms with Crippen molar-refractivity contribution < 1.29 is 4.42 Å². The van der Waals surface area contributed by atoms with Crippen molar-refractivity contribution in [3.05, 3.63) is 40.2 Å². The minimum atomic E-state index is -0.0287. The molecule has 2 aromatic heterocycles. The molecular formula is C13H19N3OS. The van der Waals surface area contributed by atoms with Gasteiger partial charge in [-0.2, -0.15) is 0 Å². The van der Waals surface area contributed by atoms with E-state index < -0.39 is 0 Å². The maximum atomic E-state index is 5.57. The van der Waals surface area contributed by atoms with Crippen LogP contribution in [0.2, 0.25) is 0 Å². The van der Waals surface area contributed by atoms with Crippen molar-refractivity contribution in [1.29, 1.82) is 0 Å². The van der Waals surface area contributed by atoms with E-state index in [9.17, 15) is 0 Å². The lowest BCUT2D eigenvalue weighted by Crippen LogP contribution is -2.29. The molecule has 98 valence electrons. The van der Waals surface area contributed by atoms with Gasteiger partial charge in [-0.05, 0) is 12.1 Å². The summed E-state index contributed by atoms with van der Waals surface area (Å²) in [5, 5.41) is 3.18. The number of nitrogens with zero attached hydrogens (tertiary/aromatic N) is 1. The van der Waals surface area contributed by atoms with Crippen molar-refractivity contribution in [3.8, 4) is 0 Å². The molecule has 0 aliphatic rings. The monoisotopic (exact) mass is 265 g/mol. The predicted molar refractivity (Wildman–Crippen MR) is 73.3 cm³/mol. The lowest BCUT2D eigenvalue weighted by molar-refractivity contribution is 0.415. The second kappa shape index (κ2) is 5.22. The highest BCUT2D eigenvalue weighted by Gasteiger charge is 2.20. The van der Waals surface area contributed by atoms with Gasteiger partial charge in [0.1, 0.15) is 5.76 Å². The summed E-state index contributed by atoms with van der Waals surface area (Å²) in [6.45, 7) is 6.49. The number of hydrogen-bond acceptors (Lipinski definition) is 5. The normalized spacial score (nSPS) is 13.8. The minimum absolute atomic E-state index is 0.0287. The summed E-state index contributed by atoms with van der Waals surface area (Å²) in [6, 6.07) is 3.75. The van der Waals surface area contributed by atoms with Crippen LogP contribution >= 0.6 is 11.3 Å². The largest absolute Gasteiger partial charge is 0.468 e. The topological polar surface area (TPSA) is 64.1 Å². The Morgan fingerprint density at radius 3 is 2.78 bits per heavy atom. The zero-order valence-corrected chi connectivity index (χ0v) is 11.8. The van der Waals surface area contributed by atoms with Crippen LogP contribution in [0, 0.1) is 0 Å². The Balaban J connectivity index is 2.11. The summed E-state index contributed by atoms with van der Waals surface area (Å²) >= 11 is 1.67. The number of furan rings is 1. The highest BCUT2D eigenvalue weighted by molar-refractivity contribution is 7.09. The van der Waals surface area contributed by atoms with Gasteiger partial charge in [-0.25, -0.2) is 10.4 Å². The molecule has 0 aliphatic carbocycles. The molecule has 4 nitrogen and oxygen atoms in total. The first-order valence-corrected chi connectivity index (χ1v) is 6.83. The third kappa shape index (κ3) is 2.98. The standard InChI is InChI=1S/C13H19N3OS/c1-13(2,3)11-8-18-12(15-11)7-9(16-14)10-5-4-6-17-10/h4-6,8-9,16H,7,14H2,1-3H3. The summed E-state index contributed by atoms with van der Waals surface area (Å²) < 4.78 is 5.37. The van der Waals surface area contributed by atoms with Crippen LogP contribution in [0.5, 0.6) is 0 Å². The average Bonchev–Trinajstić information content (AvgIpc) is 2.95. The van der Waals surface area contributed by atoms with Crippen LogP contribution in [0.3, 0.4) is 0 Å². The molecule has 2 rings (SSSR count). The Hall–Kier alpha value is -1.17. The number of hydrazine groups is 1. The van der Waals surface area contributed by atoms with E-state index in [1.54, 1.807) is 17.6 Å². The summed E-state index contributed by atoms with van der Waals surface area (Å²) in [5.41, 5.74) is 3.99. The SMILES string of the molecule is CC(C)(C)c1csc(CC(NN)c2ccco2)n1. The molecule has 1 atom stereocenters. The fourth-order valence-electron chi connectivity index (χ4n) is 1.65. The van der Waals surface area contributed by atoms with Crippen LogP contribution < -0.4 is 11.3 Å². The Labute approximate surface area is 111 Å². The first kappa shape index (κ1) is 13.3. The van der Waals surface area contributed by atoms with Crippen molar-refractivity contribution >= 4 is 11.3 Å². The van der Waals surface area contributed by atoms with Crippen molar-refractivity contribution in [2.75, 3.05) is 0 Å². The van der Waals surface area contributed by atoms with E-state index >= 15 is 0 Å². The van der Waals surface area contributed by atoms with Crippen molar-refractivity contribution in [2.45, 2.75) is 38.6 Å².